The number of rotatable bonds is 6. The van der Waals surface area contributed by atoms with Gasteiger partial charge in [0.15, 0.2) is 6.29 Å². The van der Waals surface area contributed by atoms with Gasteiger partial charge in [-0.1, -0.05) is 0 Å². The molecule has 0 spiro atoms. The number of pyridine rings is 1. The summed E-state index contributed by atoms with van der Waals surface area (Å²) in [5, 5.41) is 72.9. The zero-order chi connectivity index (χ0) is 22.8. The van der Waals surface area contributed by atoms with E-state index in [0.29, 0.717) is 0 Å². The first-order valence-corrected chi connectivity index (χ1v) is 9.87. The molecule has 0 unspecified atom stereocenters. The van der Waals surface area contributed by atoms with Gasteiger partial charge in [0.1, 0.15) is 30.5 Å². The summed E-state index contributed by atoms with van der Waals surface area (Å²) in [4.78, 5) is 16.4. The van der Waals surface area contributed by atoms with E-state index in [1.165, 1.54) is 24.5 Å². The Labute approximate surface area is 177 Å². The number of nitrogens with zero attached hydrogens (tertiary/aromatic N) is 1. The lowest BCUT2D eigenvalue weighted by atomic mass is 9.80. The number of aliphatic hydroxyl groups is 7. The zero-order valence-electron chi connectivity index (χ0n) is 16.6. The van der Waals surface area contributed by atoms with Crippen LogP contribution in [-0.2, 0) is 9.47 Å². The molecule has 0 bridgehead atoms. The van der Waals surface area contributed by atoms with E-state index in [0.717, 1.165) is 0 Å². The van der Waals surface area contributed by atoms with E-state index in [1.54, 1.807) is 0 Å². The Bertz CT molecular complexity index is 740. The summed E-state index contributed by atoms with van der Waals surface area (Å²) in [7, 11) is 0. The maximum atomic E-state index is 12.6. The molecule has 1 saturated carbocycles. The van der Waals surface area contributed by atoms with Crippen LogP contribution < -0.4 is 5.32 Å². The molecule has 9 atom stereocenters. The summed E-state index contributed by atoms with van der Waals surface area (Å²) in [6, 6.07) is 1.53. The average Bonchev–Trinajstić information content (AvgIpc) is 2.77. The quantitative estimate of drug-likeness (QED) is 0.214. The van der Waals surface area contributed by atoms with Crippen molar-refractivity contribution in [1.82, 2.24) is 10.3 Å². The Morgan fingerprint density at radius 1 is 1.13 bits per heavy atom. The van der Waals surface area contributed by atoms with Crippen LogP contribution in [0.25, 0.3) is 0 Å². The van der Waals surface area contributed by atoms with Crippen molar-refractivity contribution in [1.29, 1.82) is 0 Å². The predicted molar refractivity (Wildman–Crippen MR) is 101 cm³/mol. The largest absolute Gasteiger partial charge is 0.394 e. The van der Waals surface area contributed by atoms with Gasteiger partial charge < -0.3 is 50.5 Å². The highest BCUT2D eigenvalue weighted by Crippen LogP contribution is 2.33. The minimum atomic E-state index is -1.72. The minimum absolute atomic E-state index is 0.211. The van der Waals surface area contributed by atoms with Crippen LogP contribution in [0.1, 0.15) is 23.2 Å². The van der Waals surface area contributed by atoms with Gasteiger partial charge in [0.05, 0.1) is 31.0 Å². The Hall–Kier alpha value is -1.74. The molecule has 2 heterocycles. The highest BCUT2D eigenvalue weighted by atomic mass is 16.7. The number of carbonyl (C=O) groups is 1. The summed E-state index contributed by atoms with van der Waals surface area (Å²) in [5.74, 6) is -0.630. The van der Waals surface area contributed by atoms with E-state index in [9.17, 15) is 40.5 Å². The fraction of sp³-hybridized carbons (Fsp3) is 0.684. The summed E-state index contributed by atoms with van der Waals surface area (Å²) in [6.45, 7) is -1.36. The van der Waals surface area contributed by atoms with Crippen molar-refractivity contribution in [2.24, 2.45) is 0 Å². The Morgan fingerprint density at radius 3 is 2.42 bits per heavy atom. The topological polar surface area (TPSA) is 202 Å². The fourth-order valence-corrected chi connectivity index (χ4v) is 3.86. The summed E-state index contributed by atoms with van der Waals surface area (Å²) in [6.07, 6.45) is -7.75. The smallest absolute Gasteiger partial charge is 0.251 e. The summed E-state index contributed by atoms with van der Waals surface area (Å²) in [5.41, 5.74) is -1.51. The van der Waals surface area contributed by atoms with Gasteiger partial charge in [0.25, 0.3) is 5.91 Å². The number of amides is 1. The average molecular weight is 444 g/mol. The van der Waals surface area contributed by atoms with Crippen molar-refractivity contribution < 1.29 is 50.0 Å². The van der Waals surface area contributed by atoms with Crippen LogP contribution in [0.4, 0.5) is 0 Å². The van der Waals surface area contributed by atoms with Crippen molar-refractivity contribution in [2.45, 2.75) is 67.4 Å². The fourth-order valence-electron chi connectivity index (χ4n) is 3.86. The van der Waals surface area contributed by atoms with Crippen LogP contribution in [0, 0.1) is 0 Å². The number of aliphatic hydroxyl groups excluding tert-OH is 6. The lowest BCUT2D eigenvalue weighted by Crippen LogP contribution is -2.66. The van der Waals surface area contributed by atoms with Gasteiger partial charge in [0.2, 0.25) is 0 Å². The number of aromatic nitrogens is 1. The zero-order valence-corrected chi connectivity index (χ0v) is 16.6. The summed E-state index contributed by atoms with van der Waals surface area (Å²) < 4.78 is 11.2. The first-order chi connectivity index (χ1) is 14.7. The molecule has 3 rings (SSSR count). The maximum Gasteiger partial charge on any atom is 0.251 e. The number of nitrogens with one attached hydrogen (secondary N) is 1. The second-order valence-corrected chi connectivity index (χ2v) is 7.96. The molecule has 2 aliphatic rings. The molecule has 1 aliphatic heterocycles. The van der Waals surface area contributed by atoms with E-state index < -0.39 is 73.7 Å². The van der Waals surface area contributed by atoms with Gasteiger partial charge in [-0.3, -0.25) is 9.78 Å². The second-order valence-electron chi connectivity index (χ2n) is 7.96. The van der Waals surface area contributed by atoms with Crippen molar-refractivity contribution in [2.75, 3.05) is 13.2 Å². The summed E-state index contributed by atoms with van der Waals surface area (Å²) >= 11 is 0. The van der Waals surface area contributed by atoms with Crippen LogP contribution in [0.5, 0.6) is 0 Å². The van der Waals surface area contributed by atoms with E-state index in [-0.39, 0.29) is 18.4 Å². The third-order valence-corrected chi connectivity index (χ3v) is 5.67. The van der Waals surface area contributed by atoms with Gasteiger partial charge >= 0.3 is 0 Å². The van der Waals surface area contributed by atoms with E-state index in [1.807, 2.05) is 0 Å². The maximum absolute atomic E-state index is 12.6. The molecule has 1 amide bonds. The Morgan fingerprint density at radius 2 is 1.81 bits per heavy atom. The SMILES string of the molecule is O=C(N[C@H]1[C@@H](O[C@@H]2C[C@](O)(CO)C[C@@H](O)[C@H]2O)O[C@H](CO)[C@@H](O)[C@@H]1O)c1ccncc1. The molecule has 174 valence electrons. The number of ether oxygens (including phenoxy) is 2. The third kappa shape index (κ3) is 5.19. The first-order valence-electron chi connectivity index (χ1n) is 9.87. The van der Waals surface area contributed by atoms with Crippen LogP contribution in [0.15, 0.2) is 24.5 Å². The molecule has 12 heteroatoms. The molecule has 12 nitrogen and oxygen atoms in total. The van der Waals surface area contributed by atoms with Crippen LogP contribution in [0.3, 0.4) is 0 Å². The molecule has 1 saturated heterocycles. The third-order valence-electron chi connectivity index (χ3n) is 5.67. The number of hydrogen-bond acceptors (Lipinski definition) is 11. The predicted octanol–water partition coefficient (Wildman–Crippen LogP) is -3.76. The first kappa shape index (κ1) is 23.9. The van der Waals surface area contributed by atoms with Crippen molar-refractivity contribution in [3.8, 4) is 0 Å². The molecule has 31 heavy (non-hydrogen) atoms. The van der Waals surface area contributed by atoms with Gasteiger partial charge in [-0.25, -0.2) is 0 Å². The molecule has 0 radical (unpaired) electrons. The molecular weight excluding hydrogens is 416 g/mol. The number of carbonyl (C=O) groups excluding carboxylic acids is 1. The monoisotopic (exact) mass is 444 g/mol. The van der Waals surface area contributed by atoms with Crippen molar-refractivity contribution >= 4 is 5.91 Å². The van der Waals surface area contributed by atoms with Gasteiger partial charge in [-0.15, -0.1) is 0 Å². The molecule has 1 aromatic heterocycles. The second kappa shape index (κ2) is 9.81. The number of hydrogen-bond donors (Lipinski definition) is 8. The van der Waals surface area contributed by atoms with Crippen LogP contribution in [-0.4, -0.2) is 114 Å². The Kier molecular flexibility index (Phi) is 7.57. The molecular formula is C19H28N2O10. The highest BCUT2D eigenvalue weighted by Gasteiger charge is 2.50. The minimum Gasteiger partial charge on any atom is -0.394 e. The van der Waals surface area contributed by atoms with E-state index >= 15 is 0 Å². The molecule has 2 fully saturated rings. The van der Waals surface area contributed by atoms with E-state index in [2.05, 4.69) is 10.3 Å². The standard InChI is InChI=1S/C19H28N2O10/c22-7-12-15(26)16(27)13(21-17(28)9-1-3-20-4-2-9)18(31-12)30-11-6-19(29,8-23)5-10(24)14(11)25/h1-4,10-16,18,22-27,29H,5-8H2,(H,21,28)/t10-,11-,12-,13-,14-,15-,16-,18+,19+/m1/s1. The lowest BCUT2D eigenvalue weighted by molar-refractivity contribution is -0.302. The molecule has 1 aliphatic carbocycles. The molecule has 1 aromatic rings. The Balaban J connectivity index is 1.82. The van der Waals surface area contributed by atoms with Gasteiger partial charge in [-0.05, 0) is 12.1 Å². The normalized spacial score (nSPS) is 41.0. The highest BCUT2D eigenvalue weighted by molar-refractivity contribution is 5.94. The molecule has 0 aromatic carbocycles. The van der Waals surface area contributed by atoms with Crippen LogP contribution >= 0.6 is 0 Å². The van der Waals surface area contributed by atoms with Crippen molar-refractivity contribution in [3.05, 3.63) is 30.1 Å². The van der Waals surface area contributed by atoms with E-state index in [4.69, 9.17) is 9.47 Å². The van der Waals surface area contributed by atoms with Crippen molar-refractivity contribution in [3.63, 3.8) is 0 Å². The van der Waals surface area contributed by atoms with Crippen LogP contribution in [0.2, 0.25) is 0 Å². The lowest BCUT2D eigenvalue weighted by Gasteiger charge is -2.46. The van der Waals surface area contributed by atoms with Gasteiger partial charge in [0, 0.05) is 30.8 Å². The van der Waals surface area contributed by atoms with Gasteiger partial charge in [-0.2, -0.15) is 0 Å². The molecule has 8 N–H and O–H groups in total.